The van der Waals surface area contributed by atoms with Crippen molar-refractivity contribution in [3.05, 3.63) is 58.0 Å². The van der Waals surface area contributed by atoms with Gasteiger partial charge in [0.2, 0.25) is 11.8 Å². The molecule has 2 aromatic carbocycles. The molecule has 11 nitrogen and oxygen atoms in total. The van der Waals surface area contributed by atoms with Gasteiger partial charge in [0.25, 0.3) is 5.91 Å². The van der Waals surface area contributed by atoms with Crippen molar-refractivity contribution in [1.82, 2.24) is 19.4 Å². The summed E-state index contributed by atoms with van der Waals surface area (Å²) in [6.07, 6.45) is 0.998. The number of ether oxygens (including phenoxy) is 1. The number of hydrogen-bond acceptors (Lipinski definition) is 7. The second kappa shape index (κ2) is 10.6. The molecule has 0 aliphatic carbocycles. The molecule has 2 heterocycles. The van der Waals surface area contributed by atoms with Gasteiger partial charge in [0.1, 0.15) is 11.8 Å². The minimum atomic E-state index is -1.59. The highest BCUT2D eigenvalue weighted by atomic mass is 16.5. The van der Waals surface area contributed by atoms with Crippen LogP contribution in [0.25, 0.3) is 11.0 Å². The van der Waals surface area contributed by atoms with E-state index in [9.17, 15) is 29.2 Å². The van der Waals surface area contributed by atoms with Gasteiger partial charge in [-0.15, -0.1) is 0 Å². The van der Waals surface area contributed by atoms with Crippen molar-refractivity contribution < 1.29 is 29.2 Å². The third-order valence-electron chi connectivity index (χ3n) is 6.63. The van der Waals surface area contributed by atoms with E-state index in [1.807, 2.05) is 0 Å². The van der Waals surface area contributed by atoms with E-state index in [4.69, 9.17) is 4.74 Å². The molecule has 1 saturated heterocycles. The lowest BCUT2D eigenvalue weighted by molar-refractivity contribution is -0.135. The van der Waals surface area contributed by atoms with E-state index in [0.29, 0.717) is 52.9 Å². The molecule has 194 valence electrons. The lowest BCUT2D eigenvalue weighted by Gasteiger charge is -2.21. The molecule has 0 radical (unpaired) electrons. The summed E-state index contributed by atoms with van der Waals surface area (Å²) in [5.41, 5.74) is 2.26. The number of fused-ring (bicyclic) bond motifs is 1. The molecule has 1 unspecified atom stereocenters. The van der Waals surface area contributed by atoms with E-state index in [0.717, 1.165) is 0 Å². The maximum Gasteiger partial charge on any atom is 0.488 e. The van der Waals surface area contributed by atoms with Crippen LogP contribution < -0.4 is 21.2 Å². The molecule has 1 fully saturated rings. The Labute approximate surface area is 213 Å². The van der Waals surface area contributed by atoms with Crippen molar-refractivity contribution in [3.63, 3.8) is 0 Å². The maximum atomic E-state index is 12.9. The van der Waals surface area contributed by atoms with Crippen molar-refractivity contribution in [1.29, 1.82) is 0 Å². The van der Waals surface area contributed by atoms with E-state index in [2.05, 4.69) is 5.32 Å². The molecule has 37 heavy (non-hydrogen) atoms. The van der Waals surface area contributed by atoms with Gasteiger partial charge < -0.3 is 19.7 Å². The lowest BCUT2D eigenvalue weighted by Crippen LogP contribution is -2.44. The number of carbonyl (C=O) groups is 3. The van der Waals surface area contributed by atoms with E-state index < -0.39 is 19.1 Å². The fourth-order valence-electron chi connectivity index (χ4n) is 4.57. The number of nitrogens with one attached hydrogen (secondary N) is 1. The standard InChI is InChI=1S/C25H29BN4O7/c1-15-13-16(5-7-18(15)26(35)36)24(33)28(2)11-4-12-37-17-6-8-19-21(14-17)29(3)25(34)30(19)20-9-10-22(31)27-23(20)32/h5-8,13-14,20,35-36H,4,9-12H2,1-3H3,(H,27,31,32). The van der Waals surface area contributed by atoms with Crippen molar-refractivity contribution in [2.45, 2.75) is 32.2 Å². The monoisotopic (exact) mass is 508 g/mol. The first kappa shape index (κ1) is 26.2. The highest BCUT2D eigenvalue weighted by Gasteiger charge is 2.31. The third-order valence-corrected chi connectivity index (χ3v) is 6.63. The van der Waals surface area contributed by atoms with Crippen LogP contribution in [0.4, 0.5) is 0 Å². The predicted octanol–water partition coefficient (Wildman–Crippen LogP) is -0.153. The molecular formula is C25H29BN4O7. The van der Waals surface area contributed by atoms with Gasteiger partial charge in [0.05, 0.1) is 17.6 Å². The summed E-state index contributed by atoms with van der Waals surface area (Å²) in [7, 11) is 1.72. The molecule has 0 spiro atoms. The van der Waals surface area contributed by atoms with E-state index in [1.165, 1.54) is 15.2 Å². The quantitative estimate of drug-likeness (QED) is 0.218. The lowest BCUT2D eigenvalue weighted by atomic mass is 9.77. The van der Waals surface area contributed by atoms with Crippen LogP contribution in [0.1, 0.15) is 41.2 Å². The molecule has 3 amide bonds. The Morgan fingerprint density at radius 3 is 2.59 bits per heavy atom. The van der Waals surface area contributed by atoms with Crippen LogP contribution >= 0.6 is 0 Å². The summed E-state index contributed by atoms with van der Waals surface area (Å²) < 4.78 is 8.71. The molecule has 0 bridgehead atoms. The Kier molecular flexibility index (Phi) is 7.51. The number of rotatable bonds is 8. The SMILES string of the molecule is Cc1cc(C(=O)N(C)CCCOc2ccc3c(c2)n(C)c(=O)n3C2CCC(=O)NC2=O)ccc1B(O)O. The average Bonchev–Trinajstić information content (AvgIpc) is 3.10. The minimum absolute atomic E-state index is 0.175. The first-order chi connectivity index (χ1) is 17.6. The number of amides is 3. The zero-order valence-electron chi connectivity index (χ0n) is 20.9. The summed E-state index contributed by atoms with van der Waals surface area (Å²) in [4.78, 5) is 51.0. The number of nitrogens with zero attached hydrogens (tertiary/aromatic N) is 3. The second-order valence-corrected chi connectivity index (χ2v) is 9.20. The fraction of sp³-hybridized carbons (Fsp3) is 0.360. The normalized spacial score (nSPS) is 15.5. The number of carbonyl (C=O) groups excluding carboxylic acids is 3. The summed E-state index contributed by atoms with van der Waals surface area (Å²) in [6, 6.07) is 9.15. The van der Waals surface area contributed by atoms with E-state index in [-0.39, 0.29) is 30.3 Å². The Morgan fingerprint density at radius 1 is 1.16 bits per heavy atom. The maximum absolute atomic E-state index is 12.9. The molecule has 1 atom stereocenters. The van der Waals surface area contributed by atoms with Gasteiger partial charge in [-0.2, -0.15) is 0 Å². The Bertz CT molecular complexity index is 1430. The zero-order valence-corrected chi connectivity index (χ0v) is 20.9. The predicted molar refractivity (Wildman–Crippen MR) is 137 cm³/mol. The first-order valence-corrected chi connectivity index (χ1v) is 12.0. The van der Waals surface area contributed by atoms with Crippen LogP contribution in [0, 0.1) is 6.92 Å². The van der Waals surface area contributed by atoms with Crippen LogP contribution in [-0.2, 0) is 16.6 Å². The Morgan fingerprint density at radius 2 is 1.92 bits per heavy atom. The molecule has 1 aliphatic heterocycles. The molecule has 1 aromatic heterocycles. The summed E-state index contributed by atoms with van der Waals surface area (Å²) >= 11 is 0. The molecule has 1 aliphatic rings. The minimum Gasteiger partial charge on any atom is -0.493 e. The molecule has 12 heteroatoms. The number of aryl methyl sites for hydroxylation is 2. The van der Waals surface area contributed by atoms with Gasteiger partial charge in [-0.1, -0.05) is 11.6 Å². The summed E-state index contributed by atoms with van der Waals surface area (Å²) in [5, 5.41) is 21.0. The van der Waals surface area contributed by atoms with Gasteiger partial charge in [-0.3, -0.25) is 28.8 Å². The van der Waals surface area contributed by atoms with Crippen LogP contribution in [-0.4, -0.2) is 69.1 Å². The largest absolute Gasteiger partial charge is 0.493 e. The number of hydrogen-bond donors (Lipinski definition) is 3. The number of imidazole rings is 1. The molecule has 0 saturated carbocycles. The van der Waals surface area contributed by atoms with E-state index >= 15 is 0 Å². The Hall–Kier alpha value is -3.90. The average molecular weight is 508 g/mol. The van der Waals surface area contributed by atoms with Crippen LogP contribution in [0.2, 0.25) is 0 Å². The number of aromatic nitrogens is 2. The Balaban J connectivity index is 1.38. The summed E-state index contributed by atoms with van der Waals surface area (Å²) in [5.74, 6) is -0.464. The topological polar surface area (TPSA) is 143 Å². The van der Waals surface area contributed by atoms with Crippen molar-refractivity contribution in [2.24, 2.45) is 7.05 Å². The smallest absolute Gasteiger partial charge is 0.488 e. The zero-order chi connectivity index (χ0) is 26.9. The first-order valence-electron chi connectivity index (χ1n) is 12.0. The van der Waals surface area contributed by atoms with Gasteiger partial charge in [0.15, 0.2) is 0 Å². The molecule has 3 N–H and O–H groups in total. The van der Waals surface area contributed by atoms with Gasteiger partial charge >= 0.3 is 12.8 Å². The molecular weight excluding hydrogens is 479 g/mol. The highest BCUT2D eigenvalue weighted by molar-refractivity contribution is 6.59. The van der Waals surface area contributed by atoms with Crippen molar-refractivity contribution >= 4 is 41.3 Å². The van der Waals surface area contributed by atoms with Crippen LogP contribution in [0.5, 0.6) is 5.75 Å². The fourth-order valence-corrected chi connectivity index (χ4v) is 4.57. The van der Waals surface area contributed by atoms with Crippen LogP contribution in [0.3, 0.4) is 0 Å². The number of piperidine rings is 1. The highest BCUT2D eigenvalue weighted by Crippen LogP contribution is 2.25. The van der Waals surface area contributed by atoms with Gasteiger partial charge in [0, 0.05) is 38.7 Å². The second-order valence-electron chi connectivity index (χ2n) is 9.20. The molecule has 4 rings (SSSR count). The van der Waals surface area contributed by atoms with Gasteiger partial charge in [-0.05, 0) is 49.5 Å². The van der Waals surface area contributed by atoms with E-state index in [1.54, 1.807) is 56.3 Å². The number of benzene rings is 2. The van der Waals surface area contributed by atoms with Crippen molar-refractivity contribution in [2.75, 3.05) is 20.2 Å². The van der Waals surface area contributed by atoms with Crippen molar-refractivity contribution in [3.8, 4) is 5.75 Å². The van der Waals surface area contributed by atoms with Crippen LogP contribution in [0.15, 0.2) is 41.2 Å². The third kappa shape index (κ3) is 5.30. The molecule has 3 aromatic rings. The summed E-state index contributed by atoms with van der Waals surface area (Å²) in [6.45, 7) is 2.49. The number of imide groups is 1. The van der Waals surface area contributed by atoms with Gasteiger partial charge in [-0.25, -0.2) is 4.79 Å².